The standard InChI is InChI=1S/C20H26N2O.2H2/c1-15-18-9-8-17(14-19(15)18)11-13-22-20(23)21-12-10-16-6-4-2-3-5-7-16;;/h2,4-9,14-15,18-19H,3,10-13H2,1H3,(H2,21,22,23);2*1H. The highest BCUT2D eigenvalue weighted by molar-refractivity contribution is 5.73. The molecule has 0 spiro atoms. The Morgan fingerprint density at radius 3 is 2.70 bits per heavy atom. The quantitative estimate of drug-likeness (QED) is 0.750. The maximum absolute atomic E-state index is 11.8. The van der Waals surface area contributed by atoms with E-state index in [2.05, 4.69) is 66.2 Å². The summed E-state index contributed by atoms with van der Waals surface area (Å²) in [5.74, 6) is 2.33. The Balaban J connectivity index is 0.00000156. The highest BCUT2D eigenvalue weighted by Gasteiger charge is 2.44. The van der Waals surface area contributed by atoms with Gasteiger partial charge in [-0.15, -0.1) is 0 Å². The molecule has 3 unspecified atom stereocenters. The highest BCUT2D eigenvalue weighted by Crippen LogP contribution is 2.50. The van der Waals surface area contributed by atoms with Gasteiger partial charge in [0.15, 0.2) is 0 Å². The summed E-state index contributed by atoms with van der Waals surface area (Å²) >= 11 is 0. The summed E-state index contributed by atoms with van der Waals surface area (Å²) in [7, 11) is 0. The van der Waals surface area contributed by atoms with Crippen LogP contribution in [0.4, 0.5) is 4.79 Å². The molecule has 1 saturated carbocycles. The molecule has 0 aliphatic heterocycles. The molecule has 0 aromatic rings. The van der Waals surface area contributed by atoms with Crippen LogP contribution < -0.4 is 10.6 Å². The largest absolute Gasteiger partial charge is 0.338 e. The zero-order valence-electron chi connectivity index (χ0n) is 13.8. The first kappa shape index (κ1) is 15.9. The lowest BCUT2D eigenvalue weighted by atomic mass is 10.0. The van der Waals surface area contributed by atoms with Gasteiger partial charge in [0, 0.05) is 15.9 Å². The van der Waals surface area contributed by atoms with Gasteiger partial charge in [-0.25, -0.2) is 4.79 Å². The molecule has 3 aliphatic carbocycles. The van der Waals surface area contributed by atoms with E-state index in [-0.39, 0.29) is 8.88 Å². The average molecular weight is 314 g/mol. The highest BCUT2D eigenvalue weighted by atomic mass is 16.2. The van der Waals surface area contributed by atoms with Crippen LogP contribution >= 0.6 is 0 Å². The van der Waals surface area contributed by atoms with E-state index in [1.807, 2.05) is 0 Å². The van der Waals surface area contributed by atoms with Crippen molar-refractivity contribution in [3.63, 3.8) is 0 Å². The minimum absolute atomic E-state index is 0. The second-order valence-electron chi connectivity index (χ2n) is 6.60. The van der Waals surface area contributed by atoms with Crippen molar-refractivity contribution < 1.29 is 7.65 Å². The van der Waals surface area contributed by atoms with E-state index in [0.29, 0.717) is 13.1 Å². The van der Waals surface area contributed by atoms with Crippen LogP contribution in [0, 0.1) is 17.8 Å². The third-order valence-electron chi connectivity index (χ3n) is 4.91. The Morgan fingerprint density at radius 1 is 1.13 bits per heavy atom. The molecule has 0 radical (unpaired) electrons. The van der Waals surface area contributed by atoms with E-state index < -0.39 is 0 Å². The zero-order chi connectivity index (χ0) is 16.1. The lowest BCUT2D eigenvalue weighted by molar-refractivity contribution is 0.241. The van der Waals surface area contributed by atoms with Crippen LogP contribution in [-0.2, 0) is 0 Å². The van der Waals surface area contributed by atoms with Crippen molar-refractivity contribution >= 4 is 6.03 Å². The van der Waals surface area contributed by atoms with E-state index in [1.165, 1.54) is 11.1 Å². The average Bonchev–Trinajstić information content (AvgIpc) is 3.26. The molecule has 3 nitrogen and oxygen atoms in total. The van der Waals surface area contributed by atoms with Crippen molar-refractivity contribution in [1.82, 2.24) is 10.6 Å². The molecule has 2 N–H and O–H groups in total. The van der Waals surface area contributed by atoms with Crippen molar-refractivity contribution in [3.8, 4) is 0 Å². The second kappa shape index (κ2) is 7.49. The number of allylic oxidation sites excluding steroid dienone is 8. The molecule has 3 atom stereocenters. The minimum Gasteiger partial charge on any atom is -0.338 e. The van der Waals surface area contributed by atoms with Gasteiger partial charge >= 0.3 is 6.03 Å². The molecule has 2 amide bonds. The van der Waals surface area contributed by atoms with Crippen LogP contribution in [0.25, 0.3) is 0 Å². The van der Waals surface area contributed by atoms with Crippen molar-refractivity contribution in [3.05, 3.63) is 59.8 Å². The van der Waals surface area contributed by atoms with E-state index in [0.717, 1.165) is 37.0 Å². The molecule has 23 heavy (non-hydrogen) atoms. The molecule has 0 aromatic carbocycles. The first-order valence-electron chi connectivity index (χ1n) is 8.67. The summed E-state index contributed by atoms with van der Waals surface area (Å²) in [6.45, 7) is 3.67. The Hall–Kier alpha value is -2.03. The smallest absolute Gasteiger partial charge is 0.314 e. The molecule has 126 valence electrons. The third kappa shape index (κ3) is 4.47. The number of nitrogens with one attached hydrogen (secondary N) is 2. The SMILES string of the molecule is CC1C2C=CC(CCNC(=O)NCCC3=CC=CCC=C3)=CC12.[HH].[HH]. The fraction of sp³-hybridized carbons (Fsp3) is 0.450. The number of carbonyl (C=O) groups is 1. The summed E-state index contributed by atoms with van der Waals surface area (Å²) in [6.07, 6.45) is 20.3. The fourth-order valence-electron chi connectivity index (χ4n) is 3.29. The van der Waals surface area contributed by atoms with Crippen LogP contribution in [0.2, 0.25) is 0 Å². The van der Waals surface area contributed by atoms with Gasteiger partial charge < -0.3 is 10.6 Å². The normalized spacial score (nSPS) is 27.6. The van der Waals surface area contributed by atoms with E-state index in [9.17, 15) is 4.79 Å². The summed E-state index contributed by atoms with van der Waals surface area (Å²) < 4.78 is 0. The number of amides is 2. The number of hydrogen-bond acceptors (Lipinski definition) is 1. The van der Waals surface area contributed by atoms with Gasteiger partial charge in [0.2, 0.25) is 0 Å². The number of hydrogen-bond donors (Lipinski definition) is 2. The number of rotatable bonds is 6. The predicted molar refractivity (Wildman–Crippen MR) is 99.2 cm³/mol. The van der Waals surface area contributed by atoms with Crippen molar-refractivity contribution in [2.45, 2.75) is 26.2 Å². The second-order valence-corrected chi connectivity index (χ2v) is 6.60. The maximum Gasteiger partial charge on any atom is 0.314 e. The van der Waals surface area contributed by atoms with Gasteiger partial charge in [-0.05, 0) is 42.6 Å². The maximum atomic E-state index is 11.8. The molecule has 3 rings (SSSR count). The van der Waals surface area contributed by atoms with Crippen LogP contribution in [-0.4, -0.2) is 19.1 Å². The minimum atomic E-state index is -0.0724. The van der Waals surface area contributed by atoms with Gasteiger partial charge in [-0.2, -0.15) is 0 Å². The van der Waals surface area contributed by atoms with Crippen LogP contribution in [0.15, 0.2) is 59.8 Å². The fourth-order valence-corrected chi connectivity index (χ4v) is 3.29. The Bertz CT molecular complexity index is 605. The molecule has 1 fully saturated rings. The number of carbonyl (C=O) groups excluding carboxylic acids is 1. The number of urea groups is 1. The van der Waals surface area contributed by atoms with Crippen molar-refractivity contribution in [2.75, 3.05) is 13.1 Å². The van der Waals surface area contributed by atoms with Crippen LogP contribution in [0.3, 0.4) is 0 Å². The summed E-state index contributed by atoms with van der Waals surface area (Å²) in [4.78, 5) is 11.8. The Labute approximate surface area is 141 Å². The van der Waals surface area contributed by atoms with Crippen LogP contribution in [0.5, 0.6) is 0 Å². The first-order chi connectivity index (χ1) is 11.2. The Morgan fingerprint density at radius 2 is 1.91 bits per heavy atom. The van der Waals surface area contributed by atoms with Crippen molar-refractivity contribution in [1.29, 1.82) is 0 Å². The number of fused-ring (bicyclic) bond motifs is 1. The van der Waals surface area contributed by atoms with E-state index in [1.54, 1.807) is 0 Å². The molecule has 3 aliphatic rings. The molecule has 0 saturated heterocycles. The molecular formula is C20H30N2O. The molecule has 3 heteroatoms. The monoisotopic (exact) mass is 314 g/mol. The van der Waals surface area contributed by atoms with Gasteiger partial charge in [0.25, 0.3) is 0 Å². The lowest BCUT2D eigenvalue weighted by Crippen LogP contribution is -2.36. The zero-order valence-corrected chi connectivity index (χ0v) is 13.8. The molecule has 0 bridgehead atoms. The lowest BCUT2D eigenvalue weighted by Gasteiger charge is -2.09. The predicted octanol–water partition coefficient (Wildman–Crippen LogP) is 4.38. The third-order valence-corrected chi connectivity index (χ3v) is 4.91. The topological polar surface area (TPSA) is 41.1 Å². The van der Waals surface area contributed by atoms with E-state index in [4.69, 9.17) is 0 Å². The van der Waals surface area contributed by atoms with Crippen LogP contribution in [0.1, 0.15) is 29.0 Å². The molecule has 0 aromatic heterocycles. The molecular weight excluding hydrogens is 284 g/mol. The van der Waals surface area contributed by atoms with E-state index >= 15 is 0 Å². The first-order valence-corrected chi connectivity index (χ1v) is 8.67. The van der Waals surface area contributed by atoms with Gasteiger partial charge in [0.05, 0.1) is 0 Å². The van der Waals surface area contributed by atoms with Gasteiger partial charge in [-0.1, -0.05) is 61.1 Å². The van der Waals surface area contributed by atoms with Gasteiger partial charge in [0.1, 0.15) is 0 Å². The van der Waals surface area contributed by atoms with Crippen molar-refractivity contribution in [2.24, 2.45) is 17.8 Å². The van der Waals surface area contributed by atoms with Gasteiger partial charge in [-0.3, -0.25) is 0 Å². The molecule has 0 heterocycles. The summed E-state index contributed by atoms with van der Waals surface area (Å²) in [5.41, 5.74) is 2.61. The Kier molecular flexibility index (Phi) is 5.16. The summed E-state index contributed by atoms with van der Waals surface area (Å²) in [5, 5.41) is 5.87. The summed E-state index contributed by atoms with van der Waals surface area (Å²) in [6, 6.07) is -0.0724.